The third kappa shape index (κ3) is 2.04. The molecule has 2 unspecified atom stereocenters. The van der Waals surface area contributed by atoms with Gasteiger partial charge < -0.3 is 10.5 Å². The largest absolute Gasteiger partial charge is 0.486 e. The molecule has 2 aliphatic rings. The average molecular weight is 315 g/mol. The molecule has 0 radical (unpaired) electrons. The van der Waals surface area contributed by atoms with Crippen molar-refractivity contribution in [3.63, 3.8) is 0 Å². The number of halogens is 3. The number of anilines is 1. The van der Waals surface area contributed by atoms with Crippen LogP contribution in [0.1, 0.15) is 12.5 Å². The van der Waals surface area contributed by atoms with E-state index in [1.807, 2.05) is 0 Å². The van der Waals surface area contributed by atoms with Crippen molar-refractivity contribution in [3.8, 4) is 5.75 Å². The molecule has 2 aliphatic heterocycles. The summed E-state index contributed by atoms with van der Waals surface area (Å²) in [6, 6.07) is 0.643. The highest BCUT2D eigenvalue weighted by molar-refractivity contribution is 6.05. The third-order valence-corrected chi connectivity index (χ3v) is 3.80. The monoisotopic (exact) mass is 315 g/mol. The molecule has 118 valence electrons. The molecular weight excluding hydrogens is 303 g/mol. The molecule has 1 aromatic carbocycles. The molecule has 1 fully saturated rings. The van der Waals surface area contributed by atoms with E-state index in [9.17, 15) is 22.8 Å². The van der Waals surface area contributed by atoms with E-state index in [0.717, 1.165) is 21.9 Å². The van der Waals surface area contributed by atoms with Crippen molar-refractivity contribution in [1.29, 1.82) is 0 Å². The summed E-state index contributed by atoms with van der Waals surface area (Å²) in [5.74, 6) is 0.163. The zero-order valence-electron chi connectivity index (χ0n) is 11.4. The summed E-state index contributed by atoms with van der Waals surface area (Å²) < 4.78 is 44.1. The molecule has 3 rings (SSSR count). The minimum absolute atomic E-state index is 0.00771. The minimum Gasteiger partial charge on any atom is -0.486 e. The highest BCUT2D eigenvalue weighted by Crippen LogP contribution is 2.43. The fourth-order valence-corrected chi connectivity index (χ4v) is 2.70. The minimum atomic E-state index is -4.54. The van der Waals surface area contributed by atoms with Gasteiger partial charge in [-0.05, 0) is 25.1 Å². The summed E-state index contributed by atoms with van der Waals surface area (Å²) >= 11 is 0. The van der Waals surface area contributed by atoms with E-state index in [0.29, 0.717) is 0 Å². The van der Waals surface area contributed by atoms with Crippen LogP contribution in [0, 0.1) is 0 Å². The van der Waals surface area contributed by atoms with Gasteiger partial charge in [0, 0.05) is 0 Å². The second-order valence-corrected chi connectivity index (χ2v) is 5.17. The van der Waals surface area contributed by atoms with E-state index in [-0.39, 0.29) is 18.0 Å². The summed E-state index contributed by atoms with van der Waals surface area (Å²) in [6.07, 6.45) is -5.02. The van der Waals surface area contributed by atoms with Crippen LogP contribution in [-0.2, 0) is 6.18 Å². The molecule has 2 atom stereocenters. The van der Waals surface area contributed by atoms with Gasteiger partial charge in [0.1, 0.15) is 11.9 Å². The van der Waals surface area contributed by atoms with Crippen LogP contribution in [0.3, 0.4) is 0 Å². The lowest BCUT2D eigenvalue weighted by Gasteiger charge is -2.35. The Balaban J connectivity index is 2.09. The van der Waals surface area contributed by atoms with Crippen molar-refractivity contribution >= 4 is 17.7 Å². The van der Waals surface area contributed by atoms with Gasteiger partial charge in [-0.25, -0.2) is 14.5 Å². The van der Waals surface area contributed by atoms with Crippen molar-refractivity contribution < 1.29 is 27.5 Å². The zero-order chi connectivity index (χ0) is 16.2. The van der Waals surface area contributed by atoms with Gasteiger partial charge in [-0.1, -0.05) is 0 Å². The highest BCUT2D eigenvalue weighted by atomic mass is 19.4. The summed E-state index contributed by atoms with van der Waals surface area (Å²) in [5, 5.41) is 0. The Morgan fingerprint density at radius 3 is 2.68 bits per heavy atom. The number of imide groups is 1. The van der Waals surface area contributed by atoms with Gasteiger partial charge in [0.05, 0.1) is 23.8 Å². The standard InChI is InChI=1S/C13H12F3N3O3/c1-6-9-5-18(11(17)20)12(21)19(9)8-4-7(13(14,15)16)2-3-10(8)22-6/h2-4,6,9H,5H2,1H3,(H2,17,20). The van der Waals surface area contributed by atoms with Crippen LogP contribution in [0.2, 0.25) is 0 Å². The normalized spacial score (nSPS) is 23.9. The van der Waals surface area contributed by atoms with Gasteiger partial charge in [0.15, 0.2) is 0 Å². The lowest BCUT2D eigenvalue weighted by atomic mass is 10.1. The number of nitrogens with zero attached hydrogens (tertiary/aromatic N) is 2. The Bertz CT molecular complexity index is 662. The second kappa shape index (κ2) is 4.52. The van der Waals surface area contributed by atoms with Crippen LogP contribution < -0.4 is 15.4 Å². The van der Waals surface area contributed by atoms with E-state index < -0.39 is 35.9 Å². The summed E-state index contributed by atoms with van der Waals surface area (Å²) in [5.41, 5.74) is 4.22. The number of rotatable bonds is 0. The number of hydrogen-bond donors (Lipinski definition) is 1. The maximum Gasteiger partial charge on any atom is 0.416 e. The van der Waals surface area contributed by atoms with Gasteiger partial charge in [0.25, 0.3) is 0 Å². The highest BCUT2D eigenvalue weighted by Gasteiger charge is 2.48. The van der Waals surface area contributed by atoms with Gasteiger partial charge in [-0.3, -0.25) is 4.90 Å². The van der Waals surface area contributed by atoms with Gasteiger partial charge in [-0.2, -0.15) is 13.2 Å². The first-order valence-corrected chi connectivity index (χ1v) is 6.48. The van der Waals surface area contributed by atoms with Gasteiger partial charge in [0.2, 0.25) is 0 Å². The van der Waals surface area contributed by atoms with Crippen LogP contribution in [0.25, 0.3) is 0 Å². The van der Waals surface area contributed by atoms with Crippen molar-refractivity contribution in [3.05, 3.63) is 23.8 Å². The predicted octanol–water partition coefficient (Wildman–Crippen LogP) is 2.18. The smallest absolute Gasteiger partial charge is 0.416 e. The molecule has 0 spiro atoms. The first kappa shape index (κ1) is 14.5. The molecule has 1 aromatic rings. The summed E-state index contributed by atoms with van der Waals surface area (Å²) in [4.78, 5) is 25.5. The quantitative estimate of drug-likeness (QED) is 0.797. The van der Waals surface area contributed by atoms with Crippen LogP contribution in [-0.4, -0.2) is 35.7 Å². The van der Waals surface area contributed by atoms with E-state index in [1.165, 1.54) is 6.07 Å². The van der Waals surface area contributed by atoms with E-state index in [4.69, 9.17) is 10.5 Å². The van der Waals surface area contributed by atoms with Gasteiger partial charge >= 0.3 is 18.2 Å². The molecular formula is C13H12F3N3O3. The predicted molar refractivity (Wildman–Crippen MR) is 69.5 cm³/mol. The first-order chi connectivity index (χ1) is 10.2. The molecule has 0 bridgehead atoms. The number of carbonyl (C=O) groups excluding carboxylic acids is 2. The topological polar surface area (TPSA) is 75.9 Å². The fraction of sp³-hybridized carbons (Fsp3) is 0.385. The molecule has 9 heteroatoms. The maximum absolute atomic E-state index is 12.9. The summed E-state index contributed by atoms with van der Waals surface area (Å²) in [7, 11) is 0. The Kier molecular flexibility index (Phi) is 2.98. The lowest BCUT2D eigenvalue weighted by molar-refractivity contribution is -0.137. The summed E-state index contributed by atoms with van der Waals surface area (Å²) in [6.45, 7) is 1.65. The molecule has 4 amide bonds. The number of nitrogens with two attached hydrogens (primary N) is 1. The Morgan fingerprint density at radius 2 is 2.09 bits per heavy atom. The van der Waals surface area contributed by atoms with Crippen LogP contribution in [0.4, 0.5) is 28.4 Å². The van der Waals surface area contributed by atoms with Crippen LogP contribution in [0.15, 0.2) is 18.2 Å². The SMILES string of the molecule is CC1Oc2ccc(C(F)(F)F)cc2N2C(=O)N(C(N)=O)CC12. The fourth-order valence-electron chi connectivity index (χ4n) is 2.70. The molecule has 0 aliphatic carbocycles. The number of benzene rings is 1. The second-order valence-electron chi connectivity index (χ2n) is 5.17. The Morgan fingerprint density at radius 1 is 1.41 bits per heavy atom. The number of alkyl halides is 3. The molecule has 0 aromatic heterocycles. The number of fused-ring (bicyclic) bond motifs is 3. The number of urea groups is 2. The number of ether oxygens (including phenoxy) is 1. The van der Waals surface area contributed by atoms with Crippen molar-refractivity contribution in [2.24, 2.45) is 5.73 Å². The molecule has 2 heterocycles. The first-order valence-electron chi connectivity index (χ1n) is 6.48. The maximum atomic E-state index is 12.9. The number of amides is 4. The van der Waals surface area contributed by atoms with Crippen molar-refractivity contribution in [2.75, 3.05) is 11.4 Å². The third-order valence-electron chi connectivity index (χ3n) is 3.80. The van der Waals surface area contributed by atoms with Crippen molar-refractivity contribution in [1.82, 2.24) is 4.90 Å². The molecule has 1 saturated heterocycles. The molecule has 0 saturated carbocycles. The Labute approximate surface area is 123 Å². The molecule has 22 heavy (non-hydrogen) atoms. The number of hydrogen-bond acceptors (Lipinski definition) is 3. The Hall–Kier alpha value is -2.45. The van der Waals surface area contributed by atoms with E-state index in [1.54, 1.807) is 6.92 Å². The molecule has 6 nitrogen and oxygen atoms in total. The average Bonchev–Trinajstić information content (AvgIpc) is 2.76. The number of carbonyl (C=O) groups is 2. The van der Waals surface area contributed by atoms with E-state index in [2.05, 4.69) is 0 Å². The van der Waals surface area contributed by atoms with E-state index >= 15 is 0 Å². The zero-order valence-corrected chi connectivity index (χ0v) is 11.4. The van der Waals surface area contributed by atoms with Crippen molar-refractivity contribution in [2.45, 2.75) is 25.2 Å². The lowest BCUT2D eigenvalue weighted by Crippen LogP contribution is -2.47. The molecule has 2 N–H and O–H groups in total. The van der Waals surface area contributed by atoms with Crippen LogP contribution >= 0.6 is 0 Å². The van der Waals surface area contributed by atoms with Crippen LogP contribution in [0.5, 0.6) is 5.75 Å². The number of primary amides is 1. The van der Waals surface area contributed by atoms with Gasteiger partial charge in [-0.15, -0.1) is 0 Å².